The van der Waals surface area contributed by atoms with Gasteiger partial charge < -0.3 is 10.5 Å². The molecule has 2 nitrogen and oxygen atoms in total. The van der Waals surface area contributed by atoms with Crippen LogP contribution >= 0.6 is 11.6 Å². The summed E-state index contributed by atoms with van der Waals surface area (Å²) >= 11 is 5.88. The molecule has 66 valence electrons. The van der Waals surface area contributed by atoms with Gasteiger partial charge >= 0.3 is 0 Å². The number of halogens is 1. The standard InChI is InChI=1S/C8H16ClNO/c1-3-7(9)4-5-8(6-10)11-2/h5,7H,3-4,6,10H2,1-2H3/b8-5+. The second-order valence-corrected chi connectivity index (χ2v) is 2.94. The Bertz CT molecular complexity index is 119. The minimum atomic E-state index is 0.201. The number of hydrogen-bond acceptors (Lipinski definition) is 2. The Hall–Kier alpha value is -0.210. The maximum absolute atomic E-state index is 5.88. The van der Waals surface area contributed by atoms with E-state index in [0.717, 1.165) is 18.6 Å². The summed E-state index contributed by atoms with van der Waals surface area (Å²) in [6.45, 7) is 2.50. The van der Waals surface area contributed by atoms with Crippen LogP contribution in [0.3, 0.4) is 0 Å². The van der Waals surface area contributed by atoms with Gasteiger partial charge in [0, 0.05) is 5.38 Å². The Kier molecular flexibility index (Phi) is 6.37. The number of allylic oxidation sites excluding steroid dienone is 1. The number of rotatable bonds is 5. The van der Waals surface area contributed by atoms with Crippen molar-refractivity contribution in [3.8, 4) is 0 Å². The molecule has 0 aliphatic heterocycles. The van der Waals surface area contributed by atoms with Crippen molar-refractivity contribution in [2.75, 3.05) is 13.7 Å². The molecule has 0 radical (unpaired) electrons. The van der Waals surface area contributed by atoms with Crippen LogP contribution in [0, 0.1) is 0 Å². The van der Waals surface area contributed by atoms with Crippen molar-refractivity contribution < 1.29 is 4.74 Å². The highest BCUT2D eigenvalue weighted by atomic mass is 35.5. The minimum absolute atomic E-state index is 0.201. The first-order chi connectivity index (χ1) is 5.24. The zero-order valence-electron chi connectivity index (χ0n) is 7.14. The van der Waals surface area contributed by atoms with Gasteiger partial charge in [0.25, 0.3) is 0 Å². The van der Waals surface area contributed by atoms with E-state index in [-0.39, 0.29) is 5.38 Å². The normalized spacial score (nSPS) is 14.7. The Morgan fingerprint density at radius 3 is 2.73 bits per heavy atom. The topological polar surface area (TPSA) is 35.2 Å². The van der Waals surface area contributed by atoms with Crippen LogP contribution in [0.15, 0.2) is 11.8 Å². The molecule has 1 unspecified atom stereocenters. The number of nitrogens with two attached hydrogens (primary N) is 1. The van der Waals surface area contributed by atoms with Crippen molar-refractivity contribution in [1.29, 1.82) is 0 Å². The average Bonchev–Trinajstić information content (AvgIpc) is 2.06. The lowest BCUT2D eigenvalue weighted by molar-refractivity contribution is 0.285. The third-order valence-electron chi connectivity index (χ3n) is 1.51. The summed E-state index contributed by atoms with van der Waals surface area (Å²) in [6, 6.07) is 0. The van der Waals surface area contributed by atoms with Crippen molar-refractivity contribution in [2.24, 2.45) is 5.73 Å². The Morgan fingerprint density at radius 2 is 2.36 bits per heavy atom. The fourth-order valence-electron chi connectivity index (χ4n) is 0.676. The monoisotopic (exact) mass is 177 g/mol. The van der Waals surface area contributed by atoms with Gasteiger partial charge in [-0.25, -0.2) is 0 Å². The van der Waals surface area contributed by atoms with E-state index < -0.39 is 0 Å². The molecular weight excluding hydrogens is 162 g/mol. The largest absolute Gasteiger partial charge is 0.500 e. The lowest BCUT2D eigenvalue weighted by atomic mass is 10.2. The predicted octanol–water partition coefficient (Wildman–Crippen LogP) is 1.88. The van der Waals surface area contributed by atoms with E-state index in [1.54, 1.807) is 7.11 Å². The van der Waals surface area contributed by atoms with Crippen LogP contribution in [0.5, 0.6) is 0 Å². The van der Waals surface area contributed by atoms with Crippen LogP contribution in [0.1, 0.15) is 19.8 Å². The fourth-order valence-corrected chi connectivity index (χ4v) is 0.765. The number of alkyl halides is 1. The molecule has 0 bridgehead atoms. The molecule has 0 heterocycles. The van der Waals surface area contributed by atoms with Crippen LogP contribution in [0.4, 0.5) is 0 Å². The van der Waals surface area contributed by atoms with Crippen molar-refractivity contribution in [3.05, 3.63) is 11.8 Å². The summed E-state index contributed by atoms with van der Waals surface area (Å²) in [6.07, 6.45) is 3.75. The third-order valence-corrected chi connectivity index (χ3v) is 1.99. The summed E-state index contributed by atoms with van der Waals surface area (Å²) in [7, 11) is 1.62. The molecule has 0 aromatic rings. The highest BCUT2D eigenvalue weighted by Gasteiger charge is 1.99. The van der Waals surface area contributed by atoms with Crippen LogP contribution in [0.25, 0.3) is 0 Å². The van der Waals surface area contributed by atoms with Gasteiger partial charge in [-0.1, -0.05) is 6.92 Å². The van der Waals surface area contributed by atoms with E-state index in [1.165, 1.54) is 0 Å². The zero-order chi connectivity index (χ0) is 8.69. The highest BCUT2D eigenvalue weighted by Crippen LogP contribution is 2.08. The molecule has 1 atom stereocenters. The summed E-state index contributed by atoms with van der Waals surface area (Å²) in [5, 5.41) is 0.201. The summed E-state index contributed by atoms with van der Waals surface area (Å²) in [5.74, 6) is 0.809. The molecule has 0 aliphatic carbocycles. The van der Waals surface area contributed by atoms with Crippen molar-refractivity contribution in [3.63, 3.8) is 0 Å². The molecule has 2 N–H and O–H groups in total. The molecule has 0 spiro atoms. The van der Waals surface area contributed by atoms with E-state index in [2.05, 4.69) is 6.92 Å². The Labute approximate surface area is 73.4 Å². The summed E-state index contributed by atoms with van der Waals surface area (Å²) in [5.41, 5.74) is 5.37. The fraction of sp³-hybridized carbons (Fsp3) is 0.750. The van der Waals surface area contributed by atoms with Gasteiger partial charge in [-0.2, -0.15) is 0 Å². The summed E-state index contributed by atoms with van der Waals surface area (Å²) < 4.78 is 4.97. The van der Waals surface area contributed by atoms with Crippen molar-refractivity contribution in [1.82, 2.24) is 0 Å². The molecule has 0 amide bonds. The van der Waals surface area contributed by atoms with E-state index in [4.69, 9.17) is 22.1 Å². The van der Waals surface area contributed by atoms with Gasteiger partial charge in [0.2, 0.25) is 0 Å². The van der Waals surface area contributed by atoms with Crippen LogP contribution < -0.4 is 5.73 Å². The van der Waals surface area contributed by atoms with Gasteiger partial charge in [-0.15, -0.1) is 11.6 Å². The molecule has 0 saturated carbocycles. The summed E-state index contributed by atoms with van der Waals surface area (Å²) in [4.78, 5) is 0. The van der Waals surface area contributed by atoms with E-state index >= 15 is 0 Å². The smallest absolute Gasteiger partial charge is 0.105 e. The van der Waals surface area contributed by atoms with Crippen LogP contribution in [-0.2, 0) is 4.74 Å². The van der Waals surface area contributed by atoms with Crippen LogP contribution in [0.2, 0.25) is 0 Å². The minimum Gasteiger partial charge on any atom is -0.500 e. The molecular formula is C8H16ClNO. The lowest BCUT2D eigenvalue weighted by Gasteiger charge is -2.04. The van der Waals surface area contributed by atoms with Crippen molar-refractivity contribution >= 4 is 11.6 Å². The Morgan fingerprint density at radius 1 is 1.73 bits per heavy atom. The molecule has 0 aliphatic rings. The van der Waals surface area contributed by atoms with Gasteiger partial charge in [0.15, 0.2) is 0 Å². The van der Waals surface area contributed by atoms with Crippen LogP contribution in [-0.4, -0.2) is 19.0 Å². The third kappa shape index (κ3) is 5.10. The zero-order valence-corrected chi connectivity index (χ0v) is 7.90. The molecule has 3 heteroatoms. The second-order valence-electron chi connectivity index (χ2n) is 2.32. The molecule has 0 aromatic heterocycles. The SMILES string of the molecule is CCC(Cl)C/C=C(\CN)OC. The lowest BCUT2D eigenvalue weighted by Crippen LogP contribution is -2.05. The quantitative estimate of drug-likeness (QED) is 0.514. The second kappa shape index (κ2) is 6.50. The average molecular weight is 178 g/mol. The van der Waals surface area contributed by atoms with Gasteiger partial charge in [-0.3, -0.25) is 0 Å². The predicted molar refractivity (Wildman–Crippen MR) is 48.7 cm³/mol. The maximum atomic E-state index is 5.88. The first kappa shape index (κ1) is 10.8. The van der Waals surface area contributed by atoms with E-state index in [9.17, 15) is 0 Å². The van der Waals surface area contributed by atoms with E-state index in [0.29, 0.717) is 6.54 Å². The van der Waals surface area contributed by atoms with E-state index in [1.807, 2.05) is 6.08 Å². The van der Waals surface area contributed by atoms with Gasteiger partial charge in [-0.05, 0) is 18.9 Å². The van der Waals surface area contributed by atoms with Crippen molar-refractivity contribution in [2.45, 2.75) is 25.1 Å². The number of ether oxygens (including phenoxy) is 1. The molecule has 0 rings (SSSR count). The first-order valence-corrected chi connectivity index (χ1v) is 4.25. The first-order valence-electron chi connectivity index (χ1n) is 3.81. The molecule has 11 heavy (non-hydrogen) atoms. The molecule has 0 saturated heterocycles. The Balaban J connectivity index is 3.68. The number of hydrogen-bond donors (Lipinski definition) is 1. The maximum Gasteiger partial charge on any atom is 0.105 e. The highest BCUT2D eigenvalue weighted by molar-refractivity contribution is 6.20. The van der Waals surface area contributed by atoms with Gasteiger partial charge in [0.05, 0.1) is 13.7 Å². The number of methoxy groups -OCH3 is 1. The molecule has 0 fully saturated rings. The molecule has 0 aromatic carbocycles. The van der Waals surface area contributed by atoms with Gasteiger partial charge in [0.1, 0.15) is 5.76 Å².